The Labute approximate surface area is 64.3 Å². The minimum atomic E-state index is 0.907. The molecule has 2 heterocycles. The van der Waals surface area contributed by atoms with Crippen molar-refractivity contribution in [1.82, 2.24) is 14.8 Å². The summed E-state index contributed by atoms with van der Waals surface area (Å²) in [6.45, 7) is 0. The van der Waals surface area contributed by atoms with Gasteiger partial charge >= 0.3 is 0 Å². The molecule has 0 aromatic carbocycles. The van der Waals surface area contributed by atoms with Crippen molar-refractivity contribution in [3.8, 4) is 5.69 Å². The Morgan fingerprint density at radius 3 is 3.00 bits per heavy atom. The quantitative estimate of drug-likeness (QED) is 0.599. The Morgan fingerprint density at radius 1 is 1.36 bits per heavy atom. The second-order valence-electron chi connectivity index (χ2n) is 2.07. The maximum absolute atomic E-state index is 4.04. The molecule has 0 saturated heterocycles. The molecule has 2 rings (SSSR count). The zero-order valence-corrected chi connectivity index (χ0v) is 5.81. The molecule has 0 spiro atoms. The molecule has 0 atom stereocenters. The molecule has 2 aromatic rings. The average Bonchev–Trinajstić information content (AvgIpc) is 2.58. The first kappa shape index (κ1) is 6.09. The number of aromatic nitrogens is 3. The monoisotopic (exact) mass is 144 g/mol. The van der Waals surface area contributed by atoms with Gasteiger partial charge in [-0.2, -0.15) is 5.10 Å². The summed E-state index contributed by atoms with van der Waals surface area (Å²) in [6, 6.07) is 6.68. The highest BCUT2D eigenvalue weighted by molar-refractivity contribution is 5.25. The van der Waals surface area contributed by atoms with Crippen LogP contribution in [0.15, 0.2) is 36.9 Å². The fourth-order valence-corrected chi connectivity index (χ4v) is 0.862. The zero-order valence-electron chi connectivity index (χ0n) is 5.81. The lowest BCUT2D eigenvalue weighted by Crippen LogP contribution is -1.93. The van der Waals surface area contributed by atoms with E-state index in [0.29, 0.717) is 0 Å². The highest BCUT2D eigenvalue weighted by Gasteiger charge is 1.91. The molecular formula is C8H6N3. The lowest BCUT2D eigenvalue weighted by Gasteiger charge is -1.96. The van der Waals surface area contributed by atoms with E-state index in [9.17, 15) is 0 Å². The Balaban J connectivity index is 2.46. The van der Waals surface area contributed by atoms with Crippen LogP contribution in [0.4, 0.5) is 0 Å². The van der Waals surface area contributed by atoms with Crippen molar-refractivity contribution in [2.45, 2.75) is 0 Å². The molecule has 0 aliphatic rings. The number of pyridine rings is 1. The molecule has 11 heavy (non-hydrogen) atoms. The van der Waals surface area contributed by atoms with Gasteiger partial charge in [0.2, 0.25) is 0 Å². The number of nitrogens with zero attached hydrogens (tertiary/aromatic N) is 3. The van der Waals surface area contributed by atoms with E-state index in [0.717, 1.165) is 5.69 Å². The Kier molecular flexibility index (Phi) is 1.41. The zero-order chi connectivity index (χ0) is 7.52. The fourth-order valence-electron chi connectivity index (χ4n) is 0.862. The highest BCUT2D eigenvalue weighted by Crippen LogP contribution is 2.00. The van der Waals surface area contributed by atoms with Gasteiger partial charge in [-0.3, -0.25) is 4.98 Å². The Bertz CT molecular complexity index is 312. The molecule has 0 bridgehead atoms. The number of hydrogen-bond donors (Lipinski definition) is 0. The molecule has 53 valence electrons. The van der Waals surface area contributed by atoms with Crippen molar-refractivity contribution in [2.75, 3.05) is 0 Å². The standard InChI is InChI=1S/C8H6N3/c1-4-10-11(7-1)8-2-5-9-6-3-8/h1-2,4-7H. The van der Waals surface area contributed by atoms with Crippen LogP contribution in [-0.4, -0.2) is 14.8 Å². The summed E-state index contributed by atoms with van der Waals surface area (Å²) >= 11 is 0. The van der Waals surface area contributed by atoms with E-state index in [2.05, 4.69) is 16.1 Å². The molecule has 3 heteroatoms. The second kappa shape index (κ2) is 2.54. The fraction of sp³-hybridized carbons (Fsp3) is 0. The SMILES string of the molecule is [c]1cnccc1-n1cccn1. The third-order valence-electron chi connectivity index (χ3n) is 1.36. The predicted octanol–water partition coefficient (Wildman–Crippen LogP) is 1.07. The first-order chi connectivity index (χ1) is 5.47. The largest absolute Gasteiger partial charge is 0.264 e. The van der Waals surface area contributed by atoms with Crippen molar-refractivity contribution < 1.29 is 0 Å². The summed E-state index contributed by atoms with van der Waals surface area (Å²) in [7, 11) is 0. The van der Waals surface area contributed by atoms with E-state index in [4.69, 9.17) is 0 Å². The normalized spacial score (nSPS) is 9.82. The molecule has 0 amide bonds. The summed E-state index contributed by atoms with van der Waals surface area (Å²) in [5, 5.41) is 4.04. The predicted molar refractivity (Wildman–Crippen MR) is 40.2 cm³/mol. The van der Waals surface area contributed by atoms with Crippen LogP contribution in [0.3, 0.4) is 0 Å². The van der Waals surface area contributed by atoms with Gasteiger partial charge in [-0.1, -0.05) is 0 Å². The van der Waals surface area contributed by atoms with Crippen molar-refractivity contribution in [3.05, 3.63) is 43.0 Å². The van der Waals surface area contributed by atoms with Crippen LogP contribution in [-0.2, 0) is 0 Å². The first-order valence-corrected chi connectivity index (χ1v) is 3.28. The van der Waals surface area contributed by atoms with Crippen LogP contribution in [0.25, 0.3) is 5.69 Å². The van der Waals surface area contributed by atoms with Crippen LogP contribution in [0.5, 0.6) is 0 Å². The van der Waals surface area contributed by atoms with Gasteiger partial charge in [0, 0.05) is 30.9 Å². The molecule has 3 nitrogen and oxygen atoms in total. The van der Waals surface area contributed by atoms with Gasteiger partial charge in [-0.25, -0.2) is 4.68 Å². The minimum Gasteiger partial charge on any atom is -0.264 e. The van der Waals surface area contributed by atoms with Gasteiger partial charge in [0.1, 0.15) is 0 Å². The van der Waals surface area contributed by atoms with E-state index in [1.54, 1.807) is 23.3 Å². The maximum atomic E-state index is 4.04. The van der Waals surface area contributed by atoms with Crippen LogP contribution in [0, 0.1) is 6.07 Å². The number of hydrogen-bond acceptors (Lipinski definition) is 2. The molecule has 0 N–H and O–H groups in total. The van der Waals surface area contributed by atoms with Crippen molar-refractivity contribution in [2.24, 2.45) is 0 Å². The summed E-state index contributed by atoms with van der Waals surface area (Å²) in [5.74, 6) is 0. The van der Waals surface area contributed by atoms with Crippen LogP contribution < -0.4 is 0 Å². The number of rotatable bonds is 1. The van der Waals surface area contributed by atoms with E-state index < -0.39 is 0 Å². The van der Waals surface area contributed by atoms with E-state index in [1.165, 1.54) is 0 Å². The van der Waals surface area contributed by atoms with Gasteiger partial charge in [0.15, 0.2) is 0 Å². The summed E-state index contributed by atoms with van der Waals surface area (Å²) in [6.07, 6.45) is 6.94. The maximum Gasteiger partial charge on any atom is 0.0756 e. The molecule has 0 aliphatic heterocycles. The molecule has 0 fully saturated rings. The Hall–Kier alpha value is -1.64. The molecular weight excluding hydrogens is 138 g/mol. The van der Waals surface area contributed by atoms with Crippen LogP contribution in [0.2, 0.25) is 0 Å². The van der Waals surface area contributed by atoms with E-state index >= 15 is 0 Å². The van der Waals surface area contributed by atoms with Gasteiger partial charge in [-0.05, 0) is 12.1 Å². The van der Waals surface area contributed by atoms with Gasteiger partial charge in [0.25, 0.3) is 0 Å². The van der Waals surface area contributed by atoms with Crippen molar-refractivity contribution >= 4 is 0 Å². The van der Waals surface area contributed by atoms with Gasteiger partial charge in [0.05, 0.1) is 5.69 Å². The molecule has 0 unspecified atom stereocenters. The van der Waals surface area contributed by atoms with E-state index in [1.807, 2.05) is 18.3 Å². The average molecular weight is 144 g/mol. The van der Waals surface area contributed by atoms with Gasteiger partial charge < -0.3 is 0 Å². The molecule has 1 radical (unpaired) electrons. The molecule has 0 saturated carbocycles. The third-order valence-corrected chi connectivity index (χ3v) is 1.36. The Morgan fingerprint density at radius 2 is 2.36 bits per heavy atom. The van der Waals surface area contributed by atoms with Crippen molar-refractivity contribution in [3.63, 3.8) is 0 Å². The minimum absolute atomic E-state index is 0.907. The topological polar surface area (TPSA) is 30.7 Å². The van der Waals surface area contributed by atoms with Crippen LogP contribution in [0.1, 0.15) is 0 Å². The van der Waals surface area contributed by atoms with Gasteiger partial charge in [-0.15, -0.1) is 0 Å². The molecule has 2 aromatic heterocycles. The highest BCUT2D eigenvalue weighted by atomic mass is 15.3. The van der Waals surface area contributed by atoms with Crippen LogP contribution >= 0.6 is 0 Å². The van der Waals surface area contributed by atoms with E-state index in [-0.39, 0.29) is 0 Å². The second-order valence-corrected chi connectivity index (χ2v) is 2.07. The van der Waals surface area contributed by atoms with Crippen molar-refractivity contribution in [1.29, 1.82) is 0 Å². The summed E-state index contributed by atoms with van der Waals surface area (Å²) in [4.78, 5) is 3.86. The molecule has 0 aliphatic carbocycles. The lowest BCUT2D eigenvalue weighted by atomic mass is 10.4. The summed E-state index contributed by atoms with van der Waals surface area (Å²) < 4.78 is 1.74. The lowest BCUT2D eigenvalue weighted by molar-refractivity contribution is 0.876. The smallest absolute Gasteiger partial charge is 0.0756 e. The first-order valence-electron chi connectivity index (χ1n) is 3.28. The summed E-state index contributed by atoms with van der Waals surface area (Å²) in [5.41, 5.74) is 0.907. The third kappa shape index (κ3) is 1.12.